The van der Waals surface area contributed by atoms with Crippen molar-refractivity contribution >= 4 is 39.3 Å². The van der Waals surface area contributed by atoms with E-state index in [0.717, 1.165) is 26.8 Å². The number of halogens is 1. The second kappa shape index (κ2) is 13.0. The Hall–Kier alpha value is -4.52. The van der Waals surface area contributed by atoms with E-state index >= 15 is 4.39 Å². The van der Waals surface area contributed by atoms with Crippen molar-refractivity contribution < 1.29 is 27.9 Å². The highest BCUT2D eigenvalue weighted by Crippen LogP contribution is 2.40. The third-order valence-corrected chi connectivity index (χ3v) is 8.64. The first kappa shape index (κ1) is 29.5. The number of amides is 4. The number of hydrogen-bond donors (Lipinski definition) is 2. The topological polar surface area (TPSA) is 109 Å². The highest BCUT2D eigenvalue weighted by molar-refractivity contribution is 7.22. The molecule has 2 N–H and O–H groups in total. The maximum atomic E-state index is 15.2. The molecule has 0 spiro atoms. The lowest BCUT2D eigenvalue weighted by Gasteiger charge is -2.30. The highest BCUT2D eigenvalue weighted by atomic mass is 32.1. The molecule has 2 aliphatic rings. The minimum absolute atomic E-state index is 0.0116. The molecule has 12 heteroatoms. The Balaban J connectivity index is 1.11. The lowest BCUT2D eigenvalue weighted by Crippen LogP contribution is -2.44. The number of hydrogen-bond acceptors (Lipinski definition) is 8. The van der Waals surface area contributed by atoms with Crippen LogP contribution in [0, 0.1) is 11.7 Å². The van der Waals surface area contributed by atoms with Crippen LogP contribution in [-0.4, -0.2) is 66.2 Å². The fraction of sp³-hybridized carbons (Fsp3) is 0.281. The molecule has 4 amide bonds. The first-order chi connectivity index (χ1) is 21.4. The highest BCUT2D eigenvalue weighted by Gasteiger charge is 2.38. The average molecular weight is 618 g/mol. The Morgan fingerprint density at radius 2 is 2.00 bits per heavy atom. The Bertz CT molecular complexity index is 1730. The SMILES string of the molecule is COCCNCc1ccc(-c2cc3nccc(Oc4ccc(NC(=O)N5CCN(C6C=CC=CC6C)C5=O)cc4F)c3s2)o1. The number of nitrogens with one attached hydrogen (secondary N) is 2. The maximum absolute atomic E-state index is 15.2. The number of furan rings is 1. The molecule has 0 bridgehead atoms. The molecular formula is C32H32FN5O5S. The number of pyridine rings is 1. The van der Waals surface area contributed by atoms with Gasteiger partial charge in [-0.05, 0) is 36.2 Å². The van der Waals surface area contributed by atoms with Crippen LogP contribution in [0.2, 0.25) is 0 Å². The van der Waals surface area contributed by atoms with Gasteiger partial charge in [0.2, 0.25) is 0 Å². The van der Waals surface area contributed by atoms with Crippen LogP contribution in [0.15, 0.2) is 77.4 Å². The van der Waals surface area contributed by atoms with Crippen LogP contribution < -0.4 is 15.4 Å². The lowest BCUT2D eigenvalue weighted by atomic mass is 9.96. The van der Waals surface area contributed by atoms with Gasteiger partial charge < -0.3 is 29.4 Å². The van der Waals surface area contributed by atoms with Crippen LogP contribution in [0.5, 0.6) is 11.5 Å². The second-order valence-electron chi connectivity index (χ2n) is 10.5. The maximum Gasteiger partial charge on any atom is 0.330 e. The summed E-state index contributed by atoms with van der Waals surface area (Å²) in [6.07, 6.45) is 9.44. The third-order valence-electron chi connectivity index (χ3n) is 7.48. The van der Waals surface area contributed by atoms with E-state index in [1.807, 2.05) is 49.4 Å². The first-order valence-electron chi connectivity index (χ1n) is 14.3. The molecule has 3 aromatic heterocycles. The molecule has 2 atom stereocenters. The van der Waals surface area contributed by atoms with Gasteiger partial charge in [0.15, 0.2) is 11.6 Å². The number of ether oxygens (including phenoxy) is 2. The summed E-state index contributed by atoms with van der Waals surface area (Å²) >= 11 is 1.43. The molecular weight excluding hydrogens is 585 g/mol. The number of methoxy groups -OCH3 is 1. The quantitative estimate of drug-likeness (QED) is 0.193. The van der Waals surface area contributed by atoms with Crippen LogP contribution in [0.1, 0.15) is 12.7 Å². The molecule has 228 valence electrons. The van der Waals surface area contributed by atoms with E-state index < -0.39 is 11.8 Å². The van der Waals surface area contributed by atoms with Gasteiger partial charge in [-0.15, -0.1) is 11.3 Å². The normalized spacial score (nSPS) is 18.0. The van der Waals surface area contributed by atoms with Crippen LogP contribution in [0.4, 0.5) is 19.7 Å². The fourth-order valence-electron chi connectivity index (χ4n) is 5.19. The van der Waals surface area contributed by atoms with Gasteiger partial charge in [0.05, 0.1) is 34.3 Å². The molecule has 1 saturated heterocycles. The van der Waals surface area contributed by atoms with E-state index in [2.05, 4.69) is 15.6 Å². The first-order valence-corrected chi connectivity index (χ1v) is 15.1. The minimum Gasteiger partial charge on any atom is -0.459 e. The van der Waals surface area contributed by atoms with Gasteiger partial charge in [-0.25, -0.2) is 18.9 Å². The van der Waals surface area contributed by atoms with E-state index in [-0.39, 0.29) is 36.0 Å². The van der Waals surface area contributed by atoms with Crippen molar-refractivity contribution in [2.24, 2.45) is 5.92 Å². The van der Waals surface area contributed by atoms with Crippen LogP contribution in [0.3, 0.4) is 0 Å². The molecule has 6 rings (SSSR count). The van der Waals surface area contributed by atoms with Crippen molar-refractivity contribution in [3.63, 3.8) is 0 Å². The van der Waals surface area contributed by atoms with Gasteiger partial charge in [0, 0.05) is 50.8 Å². The Kier molecular flexibility index (Phi) is 8.73. The standard InChI is InChI=1S/C32H32FN5O5S/c1-20-5-3-4-6-25(20)37-14-15-38(32(37)40)31(39)36-21-7-9-26(23(33)17-21)43-28-11-12-35-24-18-29(44-30(24)28)27-10-8-22(42-27)19-34-13-16-41-2/h3-12,17-18,20,25,34H,13-16,19H2,1-2H3,(H,36,39). The summed E-state index contributed by atoms with van der Waals surface area (Å²) in [5.74, 6) is 1.42. The molecule has 4 heterocycles. The predicted molar refractivity (Wildman–Crippen MR) is 166 cm³/mol. The molecule has 4 aromatic rings. The average Bonchev–Trinajstić information content (AvgIpc) is 3.76. The monoisotopic (exact) mass is 617 g/mol. The molecule has 1 fully saturated rings. The molecule has 10 nitrogen and oxygen atoms in total. The number of allylic oxidation sites excluding steroid dienone is 2. The van der Waals surface area contributed by atoms with E-state index in [1.165, 1.54) is 29.5 Å². The van der Waals surface area contributed by atoms with Crippen molar-refractivity contribution in [3.05, 3.63) is 84.5 Å². The Morgan fingerprint density at radius 1 is 1.14 bits per heavy atom. The minimum atomic E-state index is -0.663. The molecule has 0 saturated carbocycles. The fourth-order valence-corrected chi connectivity index (χ4v) is 6.22. The van der Waals surface area contributed by atoms with Crippen LogP contribution in [-0.2, 0) is 11.3 Å². The van der Waals surface area contributed by atoms with Crippen molar-refractivity contribution in [1.82, 2.24) is 20.1 Å². The summed E-state index contributed by atoms with van der Waals surface area (Å²) in [7, 11) is 1.66. The summed E-state index contributed by atoms with van der Waals surface area (Å²) in [5.41, 5.74) is 0.907. The van der Waals surface area contributed by atoms with Crippen molar-refractivity contribution in [1.29, 1.82) is 0 Å². The van der Waals surface area contributed by atoms with Crippen LogP contribution in [0.25, 0.3) is 20.9 Å². The zero-order valence-corrected chi connectivity index (χ0v) is 25.1. The lowest BCUT2D eigenvalue weighted by molar-refractivity contribution is 0.178. The Labute approximate surface area is 257 Å². The number of imide groups is 1. The predicted octanol–water partition coefficient (Wildman–Crippen LogP) is 6.62. The summed E-state index contributed by atoms with van der Waals surface area (Å²) in [5, 5.41) is 5.89. The number of carbonyl (C=O) groups is 2. The molecule has 44 heavy (non-hydrogen) atoms. The van der Waals surface area contributed by atoms with E-state index in [0.29, 0.717) is 36.7 Å². The number of anilines is 1. The number of aromatic nitrogens is 1. The summed E-state index contributed by atoms with van der Waals surface area (Å²) < 4.78 is 32.9. The molecule has 1 aliphatic carbocycles. The van der Waals surface area contributed by atoms with Gasteiger partial charge in [0.25, 0.3) is 0 Å². The number of urea groups is 2. The van der Waals surface area contributed by atoms with Crippen molar-refractivity contribution in [2.45, 2.75) is 19.5 Å². The molecule has 0 radical (unpaired) electrons. The number of benzene rings is 1. The molecule has 1 aliphatic heterocycles. The number of rotatable bonds is 10. The summed E-state index contributed by atoms with van der Waals surface area (Å²) in [4.78, 5) is 34.0. The van der Waals surface area contributed by atoms with E-state index in [9.17, 15) is 9.59 Å². The number of fused-ring (bicyclic) bond motifs is 1. The van der Waals surface area contributed by atoms with Crippen molar-refractivity contribution in [2.75, 3.05) is 38.7 Å². The third kappa shape index (κ3) is 6.23. The second-order valence-corrected chi connectivity index (χ2v) is 11.5. The number of nitrogens with zero attached hydrogens (tertiary/aromatic N) is 3. The van der Waals surface area contributed by atoms with Gasteiger partial charge in [-0.2, -0.15) is 0 Å². The van der Waals surface area contributed by atoms with Gasteiger partial charge in [-0.3, -0.25) is 4.98 Å². The molecule has 2 unspecified atom stereocenters. The Morgan fingerprint density at radius 3 is 2.82 bits per heavy atom. The van der Waals surface area contributed by atoms with E-state index in [4.69, 9.17) is 13.9 Å². The van der Waals surface area contributed by atoms with Crippen molar-refractivity contribution in [3.8, 4) is 22.1 Å². The largest absolute Gasteiger partial charge is 0.459 e. The summed E-state index contributed by atoms with van der Waals surface area (Å²) in [6, 6.07) is 10.5. The zero-order chi connectivity index (χ0) is 30.6. The number of thiophene rings is 1. The summed E-state index contributed by atoms with van der Waals surface area (Å²) in [6.45, 7) is 4.63. The van der Waals surface area contributed by atoms with Crippen LogP contribution >= 0.6 is 11.3 Å². The number of carbonyl (C=O) groups excluding carboxylic acids is 2. The molecule has 1 aromatic carbocycles. The zero-order valence-electron chi connectivity index (χ0n) is 24.3. The van der Waals surface area contributed by atoms with Gasteiger partial charge in [-0.1, -0.05) is 31.2 Å². The smallest absolute Gasteiger partial charge is 0.330 e. The van der Waals surface area contributed by atoms with Gasteiger partial charge >= 0.3 is 12.1 Å². The van der Waals surface area contributed by atoms with E-state index in [1.54, 1.807) is 24.3 Å². The van der Waals surface area contributed by atoms with Gasteiger partial charge in [0.1, 0.15) is 17.3 Å².